The molecule has 17 heavy (non-hydrogen) atoms. The highest BCUT2D eigenvalue weighted by Crippen LogP contribution is 2.22. The van der Waals surface area contributed by atoms with Crippen LogP contribution < -0.4 is 0 Å². The molecule has 0 aliphatic heterocycles. The van der Waals surface area contributed by atoms with Crippen molar-refractivity contribution in [2.24, 2.45) is 0 Å². The van der Waals surface area contributed by atoms with Gasteiger partial charge in [0.1, 0.15) is 5.82 Å². The maximum absolute atomic E-state index is 13.3. The first-order valence-corrected chi connectivity index (χ1v) is 5.39. The van der Waals surface area contributed by atoms with Gasteiger partial charge in [0.15, 0.2) is 5.78 Å². The first-order valence-electron chi connectivity index (χ1n) is 5.01. The van der Waals surface area contributed by atoms with Gasteiger partial charge in [0.2, 0.25) is 0 Å². The van der Waals surface area contributed by atoms with Crippen molar-refractivity contribution in [2.75, 3.05) is 7.11 Å². The average Bonchev–Trinajstić information content (AvgIpc) is 2.30. The van der Waals surface area contributed by atoms with Gasteiger partial charge < -0.3 is 4.74 Å². The van der Waals surface area contributed by atoms with Crippen molar-refractivity contribution in [1.29, 1.82) is 0 Å². The van der Waals surface area contributed by atoms with Crippen LogP contribution >= 0.6 is 11.6 Å². The molecule has 1 aromatic rings. The fourth-order valence-corrected chi connectivity index (χ4v) is 1.64. The maximum Gasteiger partial charge on any atom is 0.305 e. The maximum atomic E-state index is 13.3. The quantitative estimate of drug-likeness (QED) is 0.616. The second-order valence-electron chi connectivity index (χ2n) is 3.58. The smallest absolute Gasteiger partial charge is 0.305 e. The molecule has 92 valence electrons. The lowest BCUT2D eigenvalue weighted by atomic mass is 10.0. The third-order valence-corrected chi connectivity index (χ3v) is 2.65. The molecule has 0 aromatic heterocycles. The van der Waals surface area contributed by atoms with E-state index in [0.29, 0.717) is 5.56 Å². The van der Waals surface area contributed by atoms with Crippen LogP contribution in [-0.2, 0) is 9.53 Å². The van der Waals surface area contributed by atoms with Gasteiger partial charge >= 0.3 is 5.97 Å². The molecule has 0 atom stereocenters. The summed E-state index contributed by atoms with van der Waals surface area (Å²) in [6.45, 7) is 1.56. The lowest BCUT2D eigenvalue weighted by Gasteiger charge is -2.05. The third-order valence-electron chi connectivity index (χ3n) is 2.33. The van der Waals surface area contributed by atoms with Crippen LogP contribution in [0.3, 0.4) is 0 Å². The van der Waals surface area contributed by atoms with Gasteiger partial charge in [-0.1, -0.05) is 11.6 Å². The average molecular weight is 259 g/mol. The Morgan fingerprint density at radius 1 is 1.35 bits per heavy atom. The minimum atomic E-state index is -0.490. The Balaban J connectivity index is 2.82. The van der Waals surface area contributed by atoms with Crippen LogP contribution in [0.1, 0.15) is 28.8 Å². The summed E-state index contributed by atoms with van der Waals surface area (Å²) in [5, 5.41) is 0.193. The van der Waals surface area contributed by atoms with E-state index in [1.54, 1.807) is 6.92 Å². The Hall–Kier alpha value is -1.42. The Bertz CT molecular complexity index is 457. The van der Waals surface area contributed by atoms with E-state index in [-0.39, 0.29) is 29.2 Å². The highest BCUT2D eigenvalue weighted by molar-refractivity contribution is 6.34. The number of ketones is 1. The third kappa shape index (κ3) is 3.53. The van der Waals surface area contributed by atoms with E-state index in [9.17, 15) is 14.0 Å². The van der Waals surface area contributed by atoms with Crippen molar-refractivity contribution >= 4 is 23.4 Å². The summed E-state index contributed by atoms with van der Waals surface area (Å²) < 4.78 is 17.7. The number of aryl methyl sites for hydroxylation is 1. The van der Waals surface area contributed by atoms with E-state index in [1.807, 2.05) is 0 Å². The number of esters is 1. The second kappa shape index (κ2) is 5.77. The zero-order chi connectivity index (χ0) is 13.0. The van der Waals surface area contributed by atoms with Gasteiger partial charge in [-0.15, -0.1) is 0 Å². The fourth-order valence-electron chi connectivity index (χ4n) is 1.31. The normalized spacial score (nSPS) is 10.1. The van der Waals surface area contributed by atoms with Crippen LogP contribution in [0.4, 0.5) is 4.39 Å². The van der Waals surface area contributed by atoms with Crippen LogP contribution in [0.2, 0.25) is 5.02 Å². The molecule has 0 fully saturated rings. The first kappa shape index (κ1) is 13.6. The minimum Gasteiger partial charge on any atom is -0.469 e. The monoisotopic (exact) mass is 258 g/mol. The SMILES string of the molecule is COC(=O)CCC(=O)c1cc(F)c(C)cc1Cl. The van der Waals surface area contributed by atoms with Gasteiger partial charge in [-0.2, -0.15) is 0 Å². The summed E-state index contributed by atoms with van der Waals surface area (Å²) >= 11 is 5.84. The number of hydrogen-bond acceptors (Lipinski definition) is 3. The van der Waals surface area contributed by atoms with Crippen molar-refractivity contribution in [2.45, 2.75) is 19.8 Å². The molecule has 3 nitrogen and oxygen atoms in total. The number of rotatable bonds is 4. The molecule has 0 heterocycles. The molecule has 1 aromatic carbocycles. The fraction of sp³-hybridized carbons (Fsp3) is 0.333. The van der Waals surface area contributed by atoms with Crippen LogP contribution in [0.25, 0.3) is 0 Å². The van der Waals surface area contributed by atoms with Gasteiger partial charge in [-0.3, -0.25) is 9.59 Å². The van der Waals surface area contributed by atoms with E-state index in [1.165, 1.54) is 13.2 Å². The summed E-state index contributed by atoms with van der Waals surface area (Å²) in [5.74, 6) is -1.35. The van der Waals surface area contributed by atoms with Gasteiger partial charge in [-0.25, -0.2) is 4.39 Å². The number of methoxy groups -OCH3 is 1. The van der Waals surface area contributed by atoms with E-state index in [2.05, 4.69) is 4.74 Å². The molecule has 0 amide bonds. The predicted octanol–water partition coefficient (Wildman–Crippen LogP) is 2.92. The summed E-state index contributed by atoms with van der Waals surface area (Å²) in [5.41, 5.74) is 0.471. The molecule has 0 saturated heterocycles. The standard InChI is InChI=1S/C12H12ClFO3/c1-7-5-9(13)8(6-10(7)14)11(15)3-4-12(16)17-2/h5-6H,3-4H2,1-2H3. The van der Waals surface area contributed by atoms with Crippen molar-refractivity contribution in [1.82, 2.24) is 0 Å². The van der Waals surface area contributed by atoms with E-state index >= 15 is 0 Å². The molecule has 1 rings (SSSR count). The highest BCUT2D eigenvalue weighted by Gasteiger charge is 2.14. The van der Waals surface area contributed by atoms with Gasteiger partial charge in [-0.05, 0) is 24.6 Å². The molecule has 0 radical (unpaired) electrons. The largest absolute Gasteiger partial charge is 0.469 e. The summed E-state index contributed by atoms with van der Waals surface area (Å²) in [4.78, 5) is 22.6. The topological polar surface area (TPSA) is 43.4 Å². The van der Waals surface area contributed by atoms with Crippen molar-refractivity contribution < 1.29 is 18.7 Å². The number of ether oxygens (including phenoxy) is 1. The molecule has 0 bridgehead atoms. The zero-order valence-corrected chi connectivity index (χ0v) is 10.3. The first-order chi connectivity index (χ1) is 7.95. The summed E-state index contributed by atoms with van der Waals surface area (Å²) in [7, 11) is 1.24. The number of Topliss-reactive ketones (excluding diaryl/α,β-unsaturated/α-hetero) is 1. The van der Waals surface area contributed by atoms with Crippen LogP contribution in [0.15, 0.2) is 12.1 Å². The highest BCUT2D eigenvalue weighted by atomic mass is 35.5. The summed E-state index contributed by atoms with van der Waals surface area (Å²) in [6, 6.07) is 2.49. The predicted molar refractivity (Wildman–Crippen MR) is 61.7 cm³/mol. The van der Waals surface area contributed by atoms with Gasteiger partial charge in [0.25, 0.3) is 0 Å². The van der Waals surface area contributed by atoms with Crippen molar-refractivity contribution in [3.05, 3.63) is 34.1 Å². The number of carbonyl (C=O) groups is 2. The molecule has 0 aliphatic rings. The zero-order valence-electron chi connectivity index (χ0n) is 9.55. The molecule has 0 saturated carbocycles. The Morgan fingerprint density at radius 3 is 2.59 bits per heavy atom. The van der Waals surface area contributed by atoms with Crippen LogP contribution in [0, 0.1) is 12.7 Å². The molecule has 0 N–H and O–H groups in total. The van der Waals surface area contributed by atoms with Crippen LogP contribution in [-0.4, -0.2) is 18.9 Å². The van der Waals surface area contributed by atoms with E-state index in [0.717, 1.165) is 6.07 Å². The van der Waals surface area contributed by atoms with Gasteiger partial charge in [0.05, 0.1) is 18.6 Å². The number of hydrogen-bond donors (Lipinski definition) is 0. The van der Waals surface area contributed by atoms with Gasteiger partial charge in [0, 0.05) is 12.0 Å². The Labute approximate surface area is 104 Å². The lowest BCUT2D eigenvalue weighted by Crippen LogP contribution is -2.07. The minimum absolute atomic E-state index is 0.0405. The second-order valence-corrected chi connectivity index (χ2v) is 3.99. The number of benzene rings is 1. The van der Waals surface area contributed by atoms with E-state index < -0.39 is 11.8 Å². The lowest BCUT2D eigenvalue weighted by molar-refractivity contribution is -0.140. The molecular weight excluding hydrogens is 247 g/mol. The molecule has 5 heteroatoms. The Morgan fingerprint density at radius 2 is 2.00 bits per heavy atom. The van der Waals surface area contributed by atoms with Crippen LogP contribution in [0.5, 0.6) is 0 Å². The Kier molecular flexibility index (Phi) is 4.63. The van der Waals surface area contributed by atoms with Crippen molar-refractivity contribution in [3.63, 3.8) is 0 Å². The molecule has 0 spiro atoms. The molecule has 0 unspecified atom stereocenters. The van der Waals surface area contributed by atoms with Crippen molar-refractivity contribution in [3.8, 4) is 0 Å². The molecule has 0 aliphatic carbocycles. The molecular formula is C12H12ClFO3. The number of carbonyl (C=O) groups excluding carboxylic acids is 2. The van der Waals surface area contributed by atoms with E-state index in [4.69, 9.17) is 11.6 Å². The summed E-state index contributed by atoms with van der Waals surface area (Å²) in [6.07, 6.45) is -0.0873. The number of halogens is 2.